The summed E-state index contributed by atoms with van der Waals surface area (Å²) in [5.74, 6) is -0.349. The van der Waals surface area contributed by atoms with Crippen molar-refractivity contribution in [3.05, 3.63) is 60.4 Å². The first-order chi connectivity index (χ1) is 13.8. The number of hydrogen-bond donors (Lipinski definition) is 2. The number of pyridine rings is 1. The van der Waals surface area contributed by atoms with Gasteiger partial charge in [-0.25, -0.2) is 4.98 Å². The summed E-state index contributed by atoms with van der Waals surface area (Å²) in [5.41, 5.74) is 1.92. The summed E-state index contributed by atoms with van der Waals surface area (Å²) in [7, 11) is 1.65. The second-order valence-electron chi connectivity index (χ2n) is 6.19. The van der Waals surface area contributed by atoms with Gasteiger partial charge in [0.05, 0.1) is 0 Å². The van der Waals surface area contributed by atoms with E-state index in [0.717, 1.165) is 5.39 Å². The molecule has 10 heteroatoms. The van der Waals surface area contributed by atoms with E-state index in [1.54, 1.807) is 37.4 Å². The minimum atomic E-state index is -4.76. The van der Waals surface area contributed by atoms with Crippen molar-refractivity contribution in [3.63, 3.8) is 0 Å². The van der Waals surface area contributed by atoms with E-state index in [1.807, 2.05) is 0 Å². The highest BCUT2D eigenvalue weighted by molar-refractivity contribution is 6.03. The van der Waals surface area contributed by atoms with Gasteiger partial charge in [0.25, 0.3) is 5.91 Å². The molecule has 0 fully saturated rings. The molecule has 0 aliphatic carbocycles. The summed E-state index contributed by atoms with van der Waals surface area (Å²) < 4.78 is 42.7. The number of anilines is 1. The summed E-state index contributed by atoms with van der Waals surface area (Å²) in [6.45, 7) is 0. The number of H-pyrrole nitrogens is 1. The topological polar surface area (TPSA) is 84.8 Å². The van der Waals surface area contributed by atoms with E-state index >= 15 is 0 Å². The Labute approximate surface area is 162 Å². The van der Waals surface area contributed by atoms with Crippen molar-refractivity contribution in [1.29, 1.82) is 0 Å². The number of carbonyl (C=O) groups is 1. The van der Waals surface area contributed by atoms with Crippen molar-refractivity contribution in [1.82, 2.24) is 19.7 Å². The van der Waals surface area contributed by atoms with Crippen LogP contribution in [0.3, 0.4) is 0 Å². The van der Waals surface area contributed by atoms with E-state index in [0.29, 0.717) is 28.4 Å². The van der Waals surface area contributed by atoms with Crippen LogP contribution in [-0.4, -0.2) is 32.0 Å². The fourth-order valence-corrected chi connectivity index (χ4v) is 2.87. The molecule has 0 atom stereocenters. The Bertz CT molecular complexity index is 1200. The summed E-state index contributed by atoms with van der Waals surface area (Å²) in [6, 6.07) is 12.3. The van der Waals surface area contributed by atoms with Crippen LogP contribution in [0.5, 0.6) is 5.75 Å². The van der Waals surface area contributed by atoms with E-state index < -0.39 is 6.36 Å². The maximum Gasteiger partial charge on any atom is 0.573 e. The second-order valence-corrected chi connectivity index (χ2v) is 6.19. The van der Waals surface area contributed by atoms with Crippen molar-refractivity contribution < 1.29 is 22.7 Å². The largest absolute Gasteiger partial charge is 0.573 e. The Kier molecular flexibility index (Phi) is 4.45. The average Bonchev–Trinajstić information content (AvgIpc) is 3.26. The third-order valence-electron chi connectivity index (χ3n) is 4.15. The van der Waals surface area contributed by atoms with Crippen LogP contribution in [0, 0.1) is 0 Å². The zero-order valence-corrected chi connectivity index (χ0v) is 15.0. The highest BCUT2D eigenvalue weighted by Gasteiger charge is 2.31. The van der Waals surface area contributed by atoms with E-state index in [9.17, 15) is 18.0 Å². The standard InChI is InChI=1S/C19H14F3N5O2/c1-27-15(7-8-23-27)18(28)26-16-6-5-12-10-14(24-17(12)25-16)11-3-2-4-13(9-11)29-19(20,21)22/h2-10H,1H3,(H2,24,25,26,28). The van der Waals surface area contributed by atoms with Gasteiger partial charge in [0.2, 0.25) is 0 Å². The number of halogens is 3. The second kappa shape index (κ2) is 6.97. The first kappa shape index (κ1) is 18.5. The molecular formula is C19H14F3N5O2. The summed E-state index contributed by atoms with van der Waals surface area (Å²) in [4.78, 5) is 19.7. The number of rotatable bonds is 4. The number of carbonyl (C=O) groups excluding carboxylic acids is 1. The van der Waals surface area contributed by atoms with Crippen LogP contribution in [-0.2, 0) is 7.05 Å². The lowest BCUT2D eigenvalue weighted by molar-refractivity contribution is -0.274. The van der Waals surface area contributed by atoms with Gasteiger partial charge in [0.1, 0.15) is 22.9 Å². The highest BCUT2D eigenvalue weighted by atomic mass is 19.4. The first-order valence-electron chi connectivity index (χ1n) is 8.44. The molecule has 0 aliphatic heterocycles. The molecule has 3 aromatic heterocycles. The fraction of sp³-hybridized carbons (Fsp3) is 0.105. The Morgan fingerprint density at radius 2 is 2.00 bits per heavy atom. The van der Waals surface area contributed by atoms with Gasteiger partial charge in [0.15, 0.2) is 0 Å². The maximum absolute atomic E-state index is 12.4. The first-order valence-corrected chi connectivity index (χ1v) is 8.44. The van der Waals surface area contributed by atoms with Gasteiger partial charge in [-0.2, -0.15) is 5.10 Å². The van der Waals surface area contributed by atoms with Crippen molar-refractivity contribution >= 4 is 22.8 Å². The lowest BCUT2D eigenvalue weighted by Gasteiger charge is -2.09. The minimum Gasteiger partial charge on any atom is -0.406 e. The lowest BCUT2D eigenvalue weighted by Crippen LogP contribution is -2.17. The fourth-order valence-electron chi connectivity index (χ4n) is 2.87. The van der Waals surface area contributed by atoms with E-state index in [2.05, 4.69) is 25.1 Å². The van der Waals surface area contributed by atoms with Crippen molar-refractivity contribution in [2.45, 2.75) is 6.36 Å². The van der Waals surface area contributed by atoms with E-state index in [1.165, 1.54) is 29.1 Å². The predicted molar refractivity (Wildman–Crippen MR) is 99.4 cm³/mol. The van der Waals surface area contributed by atoms with Crippen molar-refractivity contribution in [3.8, 4) is 17.0 Å². The molecule has 1 amide bonds. The number of aromatic nitrogens is 4. The van der Waals surface area contributed by atoms with Crippen LogP contribution >= 0.6 is 0 Å². The summed E-state index contributed by atoms with van der Waals surface area (Å²) in [6.07, 6.45) is -3.25. The molecule has 0 radical (unpaired) electrons. The smallest absolute Gasteiger partial charge is 0.406 e. The molecular weight excluding hydrogens is 387 g/mol. The Balaban J connectivity index is 1.60. The Morgan fingerprint density at radius 3 is 2.72 bits per heavy atom. The third-order valence-corrected chi connectivity index (χ3v) is 4.15. The third kappa shape index (κ3) is 4.05. The molecule has 0 aliphatic rings. The lowest BCUT2D eigenvalue weighted by atomic mass is 10.1. The van der Waals surface area contributed by atoms with E-state index in [-0.39, 0.29) is 11.7 Å². The number of hydrogen-bond acceptors (Lipinski definition) is 4. The maximum atomic E-state index is 12.4. The number of fused-ring (bicyclic) bond motifs is 1. The highest BCUT2D eigenvalue weighted by Crippen LogP contribution is 2.29. The van der Waals surface area contributed by atoms with Gasteiger partial charge in [-0.1, -0.05) is 12.1 Å². The normalized spacial score (nSPS) is 11.6. The van der Waals surface area contributed by atoms with Crippen LogP contribution in [0.1, 0.15) is 10.5 Å². The minimum absolute atomic E-state index is 0.314. The molecule has 148 valence electrons. The number of aromatic amines is 1. The number of ether oxygens (including phenoxy) is 1. The van der Waals surface area contributed by atoms with Gasteiger partial charge in [0, 0.05) is 29.9 Å². The number of nitrogens with one attached hydrogen (secondary N) is 2. The van der Waals surface area contributed by atoms with Gasteiger partial charge in [-0.3, -0.25) is 9.48 Å². The molecule has 3 heterocycles. The van der Waals surface area contributed by atoms with Gasteiger partial charge < -0.3 is 15.0 Å². The number of amides is 1. The van der Waals surface area contributed by atoms with E-state index in [4.69, 9.17) is 0 Å². The molecule has 0 saturated carbocycles. The molecule has 0 bridgehead atoms. The molecule has 0 spiro atoms. The number of alkyl halides is 3. The molecule has 7 nitrogen and oxygen atoms in total. The van der Waals surface area contributed by atoms with Crippen molar-refractivity contribution in [2.75, 3.05) is 5.32 Å². The predicted octanol–water partition coefficient (Wildman–Crippen LogP) is 4.11. The summed E-state index contributed by atoms with van der Waals surface area (Å²) >= 11 is 0. The zero-order valence-electron chi connectivity index (χ0n) is 15.0. The quantitative estimate of drug-likeness (QED) is 0.539. The molecule has 1 aromatic carbocycles. The van der Waals surface area contributed by atoms with Gasteiger partial charge >= 0.3 is 6.36 Å². The molecule has 4 aromatic rings. The molecule has 0 unspecified atom stereocenters. The molecule has 29 heavy (non-hydrogen) atoms. The zero-order chi connectivity index (χ0) is 20.6. The van der Waals surface area contributed by atoms with Gasteiger partial charge in [-0.05, 0) is 36.4 Å². The Morgan fingerprint density at radius 1 is 1.17 bits per heavy atom. The number of aryl methyl sites for hydroxylation is 1. The monoisotopic (exact) mass is 401 g/mol. The van der Waals surface area contributed by atoms with Crippen LogP contribution in [0.4, 0.5) is 19.0 Å². The molecule has 0 saturated heterocycles. The van der Waals surface area contributed by atoms with Crippen LogP contribution in [0.25, 0.3) is 22.3 Å². The van der Waals surface area contributed by atoms with Crippen LogP contribution < -0.4 is 10.1 Å². The van der Waals surface area contributed by atoms with Crippen LogP contribution in [0.15, 0.2) is 54.7 Å². The summed E-state index contributed by atoms with van der Waals surface area (Å²) in [5, 5.41) is 7.37. The SMILES string of the molecule is Cn1nccc1C(=O)Nc1ccc2cc(-c3cccc(OC(F)(F)F)c3)[nH]c2n1. The molecule has 4 rings (SSSR count). The average molecular weight is 401 g/mol. The van der Waals surface area contributed by atoms with Gasteiger partial charge in [-0.15, -0.1) is 13.2 Å². The Hall–Kier alpha value is -3.82. The van der Waals surface area contributed by atoms with Crippen LogP contribution in [0.2, 0.25) is 0 Å². The van der Waals surface area contributed by atoms with Crippen molar-refractivity contribution in [2.24, 2.45) is 7.05 Å². The number of benzene rings is 1. The molecule has 2 N–H and O–H groups in total. The number of nitrogens with zero attached hydrogens (tertiary/aromatic N) is 3.